The second-order valence-corrected chi connectivity index (χ2v) is 9.79. The molecule has 2 aliphatic heterocycles. The Hall–Kier alpha value is -2.59. The number of aryl methyl sites for hydroxylation is 1. The van der Waals surface area contributed by atoms with Crippen molar-refractivity contribution >= 4 is 15.9 Å². The highest BCUT2D eigenvalue weighted by atomic mass is 32.2. The monoisotopic (exact) mass is 490 g/mol. The van der Waals surface area contributed by atoms with Crippen molar-refractivity contribution < 1.29 is 27.2 Å². The Balaban J connectivity index is 0.00000158. The topological polar surface area (TPSA) is 84.9 Å². The average Bonchev–Trinajstić information content (AvgIpc) is 3.37. The number of carbonyl (C=O) groups excluding carboxylic acids is 1. The molecule has 2 aromatic carbocycles. The van der Waals surface area contributed by atoms with E-state index in [2.05, 4.69) is 5.48 Å². The van der Waals surface area contributed by atoms with E-state index in [-0.39, 0.29) is 23.8 Å². The first-order chi connectivity index (χ1) is 16.3. The number of halogens is 1. The number of hydrogen-bond acceptors (Lipinski definition) is 5. The summed E-state index contributed by atoms with van der Waals surface area (Å²) in [6.45, 7) is 6.46. The van der Waals surface area contributed by atoms with E-state index in [1.54, 1.807) is 30.3 Å². The van der Waals surface area contributed by atoms with Crippen LogP contribution in [0.25, 0.3) is 11.1 Å². The molecule has 0 bridgehead atoms. The summed E-state index contributed by atoms with van der Waals surface area (Å²) in [6.07, 6.45) is 3.74. The molecule has 1 N–H and O–H groups in total. The molecule has 1 saturated heterocycles. The lowest BCUT2D eigenvalue weighted by molar-refractivity contribution is -0.198. The average molecular weight is 491 g/mol. The van der Waals surface area contributed by atoms with Crippen LogP contribution in [0, 0.1) is 12.7 Å². The lowest BCUT2D eigenvalue weighted by Crippen LogP contribution is -2.36. The molecule has 1 amide bonds. The highest BCUT2D eigenvalue weighted by Gasteiger charge is 2.31. The summed E-state index contributed by atoms with van der Waals surface area (Å²) in [4.78, 5) is 17.8. The molecule has 34 heavy (non-hydrogen) atoms. The molecule has 0 saturated carbocycles. The van der Waals surface area contributed by atoms with Crippen LogP contribution in [0.3, 0.4) is 0 Å². The maximum atomic E-state index is 13.2. The largest absolute Gasteiger partial charge is 0.350 e. The number of hydrogen-bond donors (Lipinski definition) is 1. The summed E-state index contributed by atoms with van der Waals surface area (Å²) in [6, 6.07) is 10.9. The van der Waals surface area contributed by atoms with Crippen molar-refractivity contribution in [1.29, 1.82) is 0 Å². The van der Waals surface area contributed by atoms with Crippen LogP contribution in [0.1, 0.15) is 38.7 Å². The van der Waals surface area contributed by atoms with Gasteiger partial charge in [0.05, 0.1) is 4.90 Å². The van der Waals surface area contributed by atoms with Crippen LogP contribution in [0.4, 0.5) is 4.39 Å². The molecular weight excluding hydrogens is 459 g/mol. The van der Waals surface area contributed by atoms with E-state index < -0.39 is 22.2 Å². The van der Waals surface area contributed by atoms with Crippen molar-refractivity contribution in [1.82, 2.24) is 9.79 Å². The van der Waals surface area contributed by atoms with Gasteiger partial charge in [-0.25, -0.2) is 23.1 Å². The van der Waals surface area contributed by atoms with Gasteiger partial charge in [0.1, 0.15) is 5.82 Å². The molecule has 2 heterocycles. The number of benzene rings is 2. The quantitative estimate of drug-likeness (QED) is 0.609. The minimum absolute atomic E-state index is 0.0399. The normalized spacial score (nSPS) is 18.6. The number of carbonyl (C=O) groups is 1. The summed E-state index contributed by atoms with van der Waals surface area (Å²) in [7, 11) is -3.79. The van der Waals surface area contributed by atoms with Crippen molar-refractivity contribution in [2.45, 2.75) is 51.2 Å². The molecule has 1 fully saturated rings. The minimum Gasteiger partial charge on any atom is -0.350 e. The lowest BCUT2D eigenvalue weighted by atomic mass is 10.0. The Morgan fingerprint density at radius 1 is 1.15 bits per heavy atom. The van der Waals surface area contributed by atoms with Gasteiger partial charge in [-0.3, -0.25) is 4.79 Å². The van der Waals surface area contributed by atoms with Crippen molar-refractivity contribution in [2.24, 2.45) is 0 Å². The fourth-order valence-corrected chi connectivity index (χ4v) is 5.21. The minimum atomic E-state index is -3.79. The number of rotatable bonds is 6. The van der Waals surface area contributed by atoms with E-state index in [4.69, 9.17) is 9.57 Å². The number of nitrogens with one attached hydrogen (secondary N) is 1. The Kier molecular flexibility index (Phi) is 8.96. The lowest BCUT2D eigenvalue weighted by Gasteiger charge is -2.22. The molecule has 2 aliphatic rings. The van der Waals surface area contributed by atoms with Gasteiger partial charge >= 0.3 is 0 Å². The molecule has 0 spiro atoms. The van der Waals surface area contributed by atoms with E-state index in [1.165, 1.54) is 22.5 Å². The first-order valence-corrected chi connectivity index (χ1v) is 12.9. The summed E-state index contributed by atoms with van der Waals surface area (Å²) in [5.74, 6) is -0.802. The molecule has 4 rings (SSSR count). The number of nitrogens with zero attached hydrogens (tertiary/aromatic N) is 1. The molecule has 1 atom stereocenters. The van der Waals surface area contributed by atoms with E-state index >= 15 is 0 Å². The van der Waals surface area contributed by atoms with Gasteiger partial charge in [0, 0.05) is 31.7 Å². The van der Waals surface area contributed by atoms with E-state index in [0.717, 1.165) is 29.5 Å². The van der Waals surface area contributed by atoms with Gasteiger partial charge in [-0.1, -0.05) is 38.1 Å². The molecule has 7 nitrogen and oxygen atoms in total. The molecule has 2 aromatic rings. The van der Waals surface area contributed by atoms with Gasteiger partial charge in [0.2, 0.25) is 10.0 Å². The molecule has 184 valence electrons. The third-order valence-electron chi connectivity index (χ3n) is 5.59. The van der Waals surface area contributed by atoms with E-state index in [0.29, 0.717) is 18.6 Å². The molecule has 0 aliphatic carbocycles. The molecule has 9 heteroatoms. The molecular formula is C25H31FN2O5S. The second kappa shape index (κ2) is 11.7. The SMILES string of the molecule is CC.Cc1cc(S(=O)(=O)N2CC=C(C(=O)NOC3CCCCO3)C2)ccc1-c1ccc(F)cc1. The molecule has 0 radical (unpaired) electrons. The summed E-state index contributed by atoms with van der Waals surface area (Å²) < 4.78 is 46.1. The maximum absolute atomic E-state index is 13.2. The first kappa shape index (κ1) is 26.0. The van der Waals surface area contributed by atoms with Crippen LogP contribution >= 0.6 is 0 Å². The van der Waals surface area contributed by atoms with E-state index in [1.807, 2.05) is 20.8 Å². The van der Waals surface area contributed by atoms with Crippen LogP contribution in [-0.4, -0.2) is 44.6 Å². The van der Waals surface area contributed by atoms with Gasteiger partial charge in [-0.05, 0) is 60.7 Å². The zero-order chi connectivity index (χ0) is 24.7. The first-order valence-electron chi connectivity index (χ1n) is 11.5. The highest BCUT2D eigenvalue weighted by molar-refractivity contribution is 7.89. The summed E-state index contributed by atoms with van der Waals surface area (Å²) in [5, 5.41) is 0. The van der Waals surface area contributed by atoms with Gasteiger partial charge in [0.15, 0.2) is 6.29 Å². The van der Waals surface area contributed by atoms with Gasteiger partial charge < -0.3 is 4.74 Å². The molecule has 1 unspecified atom stereocenters. The van der Waals surface area contributed by atoms with Crippen molar-refractivity contribution in [2.75, 3.05) is 19.7 Å². The number of sulfonamides is 1. The van der Waals surface area contributed by atoms with Crippen LogP contribution in [0.15, 0.2) is 59.0 Å². The Bertz CT molecular complexity index is 1130. The summed E-state index contributed by atoms with van der Waals surface area (Å²) in [5.41, 5.74) is 5.07. The summed E-state index contributed by atoms with van der Waals surface area (Å²) >= 11 is 0. The van der Waals surface area contributed by atoms with Crippen molar-refractivity contribution in [3.63, 3.8) is 0 Å². The number of amides is 1. The van der Waals surface area contributed by atoms with Crippen molar-refractivity contribution in [3.05, 3.63) is 65.5 Å². The fourth-order valence-electron chi connectivity index (χ4n) is 3.77. The van der Waals surface area contributed by atoms with Crippen molar-refractivity contribution in [3.8, 4) is 11.1 Å². The maximum Gasteiger partial charge on any atom is 0.271 e. The fraction of sp³-hybridized carbons (Fsp3) is 0.400. The van der Waals surface area contributed by atoms with Gasteiger partial charge in [0.25, 0.3) is 5.91 Å². The van der Waals surface area contributed by atoms with E-state index in [9.17, 15) is 17.6 Å². The molecule has 0 aromatic heterocycles. The third kappa shape index (κ3) is 6.09. The van der Waals surface area contributed by atoms with Crippen LogP contribution in [-0.2, 0) is 24.4 Å². The van der Waals surface area contributed by atoms with Crippen LogP contribution in [0.5, 0.6) is 0 Å². The second-order valence-electron chi connectivity index (χ2n) is 7.86. The standard InChI is InChI=1S/C23H25FN2O5S.C2H6/c1-16-14-20(9-10-21(16)17-5-7-19(24)8-6-17)32(28,29)26-12-11-18(15-26)23(27)25-31-22-4-2-3-13-30-22;1-2/h5-11,14,22H,2-4,12-13,15H2,1H3,(H,25,27);1-2H3. The third-order valence-corrected chi connectivity index (χ3v) is 7.40. The number of ether oxygens (including phenoxy) is 1. The van der Waals surface area contributed by atoms with Gasteiger partial charge in [-0.2, -0.15) is 4.31 Å². The predicted octanol–water partition coefficient (Wildman–Crippen LogP) is 4.33. The Morgan fingerprint density at radius 3 is 2.53 bits per heavy atom. The van der Waals surface area contributed by atoms with Crippen LogP contribution < -0.4 is 5.48 Å². The van der Waals surface area contributed by atoms with Gasteiger partial charge in [-0.15, -0.1) is 0 Å². The zero-order valence-electron chi connectivity index (χ0n) is 19.7. The zero-order valence-corrected chi connectivity index (χ0v) is 20.5. The Morgan fingerprint density at radius 2 is 1.88 bits per heavy atom. The smallest absolute Gasteiger partial charge is 0.271 e. The number of hydroxylamine groups is 1. The highest BCUT2D eigenvalue weighted by Crippen LogP contribution is 2.28. The van der Waals surface area contributed by atoms with Crippen LogP contribution in [0.2, 0.25) is 0 Å². The Labute approximate surface area is 200 Å². The predicted molar refractivity (Wildman–Crippen MR) is 128 cm³/mol.